The number of urea groups is 1. The molecule has 2 amide bonds. The predicted molar refractivity (Wildman–Crippen MR) is 80.1 cm³/mol. The lowest BCUT2D eigenvalue weighted by molar-refractivity contribution is -0.139. The van der Waals surface area contributed by atoms with Crippen molar-refractivity contribution in [2.75, 3.05) is 6.61 Å². The Morgan fingerprint density at radius 3 is 2.43 bits per heavy atom. The van der Waals surface area contributed by atoms with Gasteiger partial charge in [-0.05, 0) is 25.7 Å². The van der Waals surface area contributed by atoms with Crippen molar-refractivity contribution >= 4 is 12.0 Å². The second-order valence-electron chi connectivity index (χ2n) is 6.69. The average molecular weight is 300 g/mol. The lowest BCUT2D eigenvalue weighted by Crippen LogP contribution is -2.64. The molecule has 1 aliphatic rings. The van der Waals surface area contributed by atoms with E-state index in [0.29, 0.717) is 13.0 Å². The van der Waals surface area contributed by atoms with Crippen molar-refractivity contribution in [3.05, 3.63) is 0 Å². The van der Waals surface area contributed by atoms with Gasteiger partial charge in [-0.15, -0.1) is 0 Å². The maximum atomic E-state index is 12.0. The number of amides is 2. The van der Waals surface area contributed by atoms with E-state index in [1.54, 1.807) is 0 Å². The molecule has 0 saturated heterocycles. The summed E-state index contributed by atoms with van der Waals surface area (Å²) < 4.78 is 5.61. The van der Waals surface area contributed by atoms with Gasteiger partial charge in [0, 0.05) is 18.1 Å². The number of ether oxygens (including phenoxy) is 1. The first-order valence-corrected chi connectivity index (χ1v) is 7.59. The van der Waals surface area contributed by atoms with Crippen molar-refractivity contribution in [2.24, 2.45) is 11.3 Å². The zero-order valence-electron chi connectivity index (χ0n) is 13.6. The molecule has 1 saturated carbocycles. The third-order valence-corrected chi connectivity index (χ3v) is 4.16. The van der Waals surface area contributed by atoms with Gasteiger partial charge in [-0.2, -0.15) is 0 Å². The van der Waals surface area contributed by atoms with Crippen LogP contribution >= 0.6 is 0 Å². The molecule has 3 atom stereocenters. The summed E-state index contributed by atoms with van der Waals surface area (Å²) in [4.78, 5) is 23.1. The average Bonchev–Trinajstić information content (AvgIpc) is 2.36. The number of hydrogen-bond donors (Lipinski definition) is 3. The van der Waals surface area contributed by atoms with Gasteiger partial charge in [0.2, 0.25) is 0 Å². The summed E-state index contributed by atoms with van der Waals surface area (Å²) in [5, 5.41) is 14.5. The minimum absolute atomic E-state index is 0.00236. The van der Waals surface area contributed by atoms with E-state index in [0.717, 1.165) is 6.42 Å². The van der Waals surface area contributed by atoms with E-state index < -0.39 is 18.0 Å². The Balaban J connectivity index is 2.49. The number of carboxylic acids is 1. The molecule has 1 rings (SSSR count). The molecule has 0 aromatic carbocycles. The summed E-state index contributed by atoms with van der Waals surface area (Å²) in [5.41, 5.74) is -0.135. The number of rotatable bonds is 7. The van der Waals surface area contributed by atoms with Gasteiger partial charge in [0.15, 0.2) is 0 Å². The van der Waals surface area contributed by atoms with Crippen molar-refractivity contribution in [1.29, 1.82) is 0 Å². The van der Waals surface area contributed by atoms with Gasteiger partial charge in [0.1, 0.15) is 6.04 Å². The largest absolute Gasteiger partial charge is 0.480 e. The summed E-state index contributed by atoms with van der Waals surface area (Å²) in [6.45, 7) is 10.6. The lowest BCUT2D eigenvalue weighted by atomic mass is 9.64. The number of hydrogen-bond acceptors (Lipinski definition) is 3. The zero-order valence-corrected chi connectivity index (χ0v) is 13.6. The molecule has 3 N–H and O–H groups in total. The maximum Gasteiger partial charge on any atom is 0.326 e. The van der Waals surface area contributed by atoms with E-state index in [1.165, 1.54) is 0 Å². The zero-order chi connectivity index (χ0) is 16.2. The van der Waals surface area contributed by atoms with Gasteiger partial charge in [-0.25, -0.2) is 9.59 Å². The molecular weight excluding hydrogens is 272 g/mol. The predicted octanol–water partition coefficient (Wildman–Crippen LogP) is 1.99. The van der Waals surface area contributed by atoms with Crippen LogP contribution in [0.25, 0.3) is 0 Å². The Bertz CT molecular complexity index is 382. The Morgan fingerprint density at radius 2 is 2.00 bits per heavy atom. The van der Waals surface area contributed by atoms with Gasteiger partial charge < -0.3 is 20.5 Å². The highest BCUT2D eigenvalue weighted by Gasteiger charge is 2.49. The Morgan fingerprint density at radius 1 is 1.38 bits per heavy atom. The Hall–Kier alpha value is -1.30. The summed E-state index contributed by atoms with van der Waals surface area (Å²) in [5.74, 6) is -0.798. The summed E-state index contributed by atoms with van der Waals surface area (Å²) in [7, 11) is 0. The third-order valence-electron chi connectivity index (χ3n) is 4.16. The number of carbonyl (C=O) groups is 2. The van der Waals surface area contributed by atoms with E-state index in [2.05, 4.69) is 10.6 Å². The van der Waals surface area contributed by atoms with Gasteiger partial charge in [0.25, 0.3) is 0 Å². The highest BCUT2D eigenvalue weighted by atomic mass is 16.5. The molecule has 0 spiro atoms. The van der Waals surface area contributed by atoms with Gasteiger partial charge in [0.05, 0.1) is 6.10 Å². The van der Waals surface area contributed by atoms with Gasteiger partial charge >= 0.3 is 12.0 Å². The van der Waals surface area contributed by atoms with E-state index in [1.807, 2.05) is 34.6 Å². The Kier molecular flexibility index (Phi) is 6.01. The topological polar surface area (TPSA) is 87.7 Å². The van der Waals surface area contributed by atoms with E-state index in [4.69, 9.17) is 9.84 Å². The van der Waals surface area contributed by atoms with Crippen LogP contribution in [0.4, 0.5) is 4.79 Å². The molecule has 6 nitrogen and oxygen atoms in total. The van der Waals surface area contributed by atoms with Crippen molar-refractivity contribution in [3.8, 4) is 0 Å². The van der Waals surface area contributed by atoms with Crippen LogP contribution in [0, 0.1) is 11.3 Å². The SMILES string of the molecule is CCOC1CC(NC(=O)N[C@@H](CC(C)C)C(=O)O)C1(C)C. The molecule has 122 valence electrons. The lowest BCUT2D eigenvalue weighted by Gasteiger charge is -2.51. The van der Waals surface area contributed by atoms with Crippen LogP contribution in [0.3, 0.4) is 0 Å². The molecule has 0 aliphatic heterocycles. The van der Waals surface area contributed by atoms with Crippen molar-refractivity contribution in [3.63, 3.8) is 0 Å². The van der Waals surface area contributed by atoms with Crippen LogP contribution < -0.4 is 10.6 Å². The smallest absolute Gasteiger partial charge is 0.326 e. The Labute approximate surface area is 126 Å². The fourth-order valence-corrected chi connectivity index (χ4v) is 2.67. The highest BCUT2D eigenvalue weighted by molar-refractivity contribution is 5.82. The fourth-order valence-electron chi connectivity index (χ4n) is 2.67. The van der Waals surface area contributed by atoms with Crippen LogP contribution in [0.15, 0.2) is 0 Å². The van der Waals surface area contributed by atoms with Crippen LogP contribution in [-0.2, 0) is 9.53 Å². The summed E-state index contributed by atoms with van der Waals surface area (Å²) in [6.07, 6.45) is 1.31. The van der Waals surface area contributed by atoms with Crippen LogP contribution in [0.1, 0.15) is 47.5 Å². The molecule has 0 bridgehead atoms. The molecule has 0 radical (unpaired) electrons. The molecule has 1 fully saturated rings. The highest BCUT2D eigenvalue weighted by Crippen LogP contribution is 2.42. The third kappa shape index (κ3) is 4.59. The first-order valence-electron chi connectivity index (χ1n) is 7.59. The normalized spacial score (nSPS) is 25.0. The second-order valence-corrected chi connectivity index (χ2v) is 6.69. The molecule has 1 aliphatic carbocycles. The monoisotopic (exact) mass is 300 g/mol. The molecule has 21 heavy (non-hydrogen) atoms. The fraction of sp³-hybridized carbons (Fsp3) is 0.867. The second kappa shape index (κ2) is 7.11. The maximum absolute atomic E-state index is 12.0. The standard InChI is InChI=1S/C15H28N2O4/c1-6-21-12-8-11(15(12,4)5)17-14(20)16-10(13(18)19)7-9(2)3/h9-12H,6-8H2,1-5H3,(H,18,19)(H2,16,17,20)/t10-,11?,12?/m0/s1. The minimum Gasteiger partial charge on any atom is -0.480 e. The van der Waals surface area contributed by atoms with E-state index in [9.17, 15) is 9.59 Å². The molecule has 2 unspecified atom stereocenters. The van der Waals surface area contributed by atoms with Crippen molar-refractivity contribution < 1.29 is 19.4 Å². The van der Waals surface area contributed by atoms with E-state index in [-0.39, 0.29) is 23.5 Å². The van der Waals surface area contributed by atoms with Crippen molar-refractivity contribution in [2.45, 2.75) is 65.6 Å². The quantitative estimate of drug-likeness (QED) is 0.671. The summed E-state index contributed by atoms with van der Waals surface area (Å²) >= 11 is 0. The molecule has 0 aromatic heterocycles. The van der Waals surface area contributed by atoms with Gasteiger partial charge in [-0.1, -0.05) is 27.7 Å². The molecular formula is C15H28N2O4. The van der Waals surface area contributed by atoms with Crippen LogP contribution in [0.2, 0.25) is 0 Å². The first-order chi connectivity index (χ1) is 9.68. The number of carboxylic acid groups (broad SMARTS) is 1. The van der Waals surface area contributed by atoms with Gasteiger partial charge in [-0.3, -0.25) is 0 Å². The minimum atomic E-state index is -1.00. The number of aliphatic carboxylic acids is 1. The molecule has 6 heteroatoms. The van der Waals surface area contributed by atoms with Crippen molar-refractivity contribution in [1.82, 2.24) is 10.6 Å². The van der Waals surface area contributed by atoms with Crippen LogP contribution in [-0.4, -0.2) is 41.9 Å². The summed E-state index contributed by atoms with van der Waals surface area (Å²) in [6, 6.07) is -1.27. The first kappa shape index (κ1) is 17.8. The van der Waals surface area contributed by atoms with E-state index >= 15 is 0 Å². The number of carbonyl (C=O) groups excluding carboxylic acids is 1. The molecule has 0 heterocycles. The number of nitrogens with one attached hydrogen (secondary N) is 2. The molecule has 0 aromatic rings. The van der Waals surface area contributed by atoms with Crippen LogP contribution in [0.5, 0.6) is 0 Å².